The first-order chi connectivity index (χ1) is 9.35. The molecule has 1 aromatic carbocycles. The Hall–Kier alpha value is -1.27. The minimum Gasteiger partial charge on any atom is -0.406 e. The molecule has 112 valence electrons. The van der Waals surface area contributed by atoms with Crippen LogP contribution in [0.2, 0.25) is 0 Å². The van der Waals surface area contributed by atoms with Crippen LogP contribution < -0.4 is 10.5 Å². The summed E-state index contributed by atoms with van der Waals surface area (Å²) in [5.74, 6) is 0.193. The molecule has 0 aromatic heterocycles. The van der Waals surface area contributed by atoms with Gasteiger partial charge < -0.3 is 15.2 Å². The van der Waals surface area contributed by atoms with Gasteiger partial charge in [0.05, 0.1) is 6.10 Å². The minimum atomic E-state index is -4.66. The van der Waals surface area contributed by atoms with Gasteiger partial charge in [-0.25, -0.2) is 0 Å². The fourth-order valence-electron chi connectivity index (χ4n) is 2.48. The van der Waals surface area contributed by atoms with Crippen LogP contribution in [0.4, 0.5) is 13.2 Å². The highest BCUT2D eigenvalue weighted by Gasteiger charge is 2.31. The van der Waals surface area contributed by atoms with Crippen LogP contribution in [0.5, 0.6) is 5.75 Å². The molecule has 0 spiro atoms. The number of halogens is 3. The lowest BCUT2D eigenvalue weighted by atomic mass is 9.93. The molecule has 3 nitrogen and oxygen atoms in total. The number of hydrogen-bond donors (Lipinski definition) is 1. The van der Waals surface area contributed by atoms with Crippen LogP contribution in [0.15, 0.2) is 24.3 Å². The molecule has 3 unspecified atom stereocenters. The zero-order valence-electron chi connectivity index (χ0n) is 11.2. The molecule has 1 aromatic rings. The van der Waals surface area contributed by atoms with E-state index >= 15 is 0 Å². The lowest BCUT2D eigenvalue weighted by Gasteiger charge is -2.22. The van der Waals surface area contributed by atoms with Gasteiger partial charge in [0.25, 0.3) is 0 Å². The molecule has 0 radical (unpaired) electrons. The van der Waals surface area contributed by atoms with E-state index in [9.17, 15) is 13.2 Å². The molecule has 0 bridgehead atoms. The molecule has 20 heavy (non-hydrogen) atoms. The maximum atomic E-state index is 12.0. The molecule has 0 saturated carbocycles. The number of benzene rings is 1. The Morgan fingerprint density at radius 3 is 2.50 bits per heavy atom. The van der Waals surface area contributed by atoms with Crippen molar-refractivity contribution in [2.45, 2.75) is 38.3 Å². The standard InChI is InChI=1S/C14H18F3NO2/c1-9-6-7-19-13(9)12(18)8-10-2-4-11(5-3-10)20-14(15,16)17/h2-5,9,12-13H,6-8,18H2,1H3. The van der Waals surface area contributed by atoms with Crippen molar-refractivity contribution in [1.82, 2.24) is 0 Å². The average molecular weight is 289 g/mol. The van der Waals surface area contributed by atoms with Crippen LogP contribution in [0.3, 0.4) is 0 Å². The van der Waals surface area contributed by atoms with E-state index in [4.69, 9.17) is 10.5 Å². The highest BCUT2D eigenvalue weighted by Crippen LogP contribution is 2.25. The normalized spacial score (nSPS) is 24.6. The van der Waals surface area contributed by atoms with Crippen molar-refractivity contribution in [2.24, 2.45) is 11.7 Å². The number of rotatable bonds is 4. The van der Waals surface area contributed by atoms with E-state index in [0.717, 1.165) is 18.6 Å². The summed E-state index contributed by atoms with van der Waals surface area (Å²) in [7, 11) is 0. The van der Waals surface area contributed by atoms with E-state index in [1.54, 1.807) is 12.1 Å². The Bertz CT molecular complexity index is 433. The van der Waals surface area contributed by atoms with Gasteiger partial charge in [0.1, 0.15) is 5.75 Å². The van der Waals surface area contributed by atoms with Gasteiger partial charge in [-0.1, -0.05) is 19.1 Å². The topological polar surface area (TPSA) is 44.5 Å². The van der Waals surface area contributed by atoms with E-state index < -0.39 is 6.36 Å². The van der Waals surface area contributed by atoms with Crippen molar-refractivity contribution in [2.75, 3.05) is 6.61 Å². The van der Waals surface area contributed by atoms with Crippen molar-refractivity contribution in [3.05, 3.63) is 29.8 Å². The summed E-state index contributed by atoms with van der Waals surface area (Å²) in [5.41, 5.74) is 6.98. The van der Waals surface area contributed by atoms with Crippen molar-refractivity contribution in [3.8, 4) is 5.75 Å². The SMILES string of the molecule is CC1CCOC1C(N)Cc1ccc(OC(F)(F)F)cc1. The summed E-state index contributed by atoms with van der Waals surface area (Å²) in [4.78, 5) is 0. The molecule has 1 saturated heterocycles. The molecule has 2 N–H and O–H groups in total. The molecule has 1 aliphatic rings. The summed E-state index contributed by atoms with van der Waals surface area (Å²) in [6.45, 7) is 2.82. The summed E-state index contributed by atoms with van der Waals surface area (Å²) < 4.78 is 45.5. The lowest BCUT2D eigenvalue weighted by molar-refractivity contribution is -0.274. The molecule has 2 rings (SSSR count). The molecule has 0 aliphatic carbocycles. The summed E-state index contributed by atoms with van der Waals surface area (Å²) in [6, 6.07) is 5.64. The number of hydrogen-bond acceptors (Lipinski definition) is 3. The molecule has 6 heteroatoms. The van der Waals surface area contributed by atoms with Gasteiger partial charge in [0.2, 0.25) is 0 Å². The van der Waals surface area contributed by atoms with E-state index in [2.05, 4.69) is 11.7 Å². The Morgan fingerprint density at radius 1 is 1.35 bits per heavy atom. The predicted molar refractivity (Wildman–Crippen MR) is 68.3 cm³/mol. The number of nitrogens with two attached hydrogens (primary N) is 1. The third kappa shape index (κ3) is 4.11. The van der Waals surface area contributed by atoms with E-state index in [-0.39, 0.29) is 17.9 Å². The highest BCUT2D eigenvalue weighted by atomic mass is 19.4. The second-order valence-electron chi connectivity index (χ2n) is 5.16. The van der Waals surface area contributed by atoms with Crippen molar-refractivity contribution in [1.29, 1.82) is 0 Å². The largest absolute Gasteiger partial charge is 0.573 e. The second-order valence-corrected chi connectivity index (χ2v) is 5.16. The molecule has 1 fully saturated rings. The Kier molecular flexibility index (Phi) is 4.55. The molecule has 1 aliphatic heterocycles. The zero-order valence-corrected chi connectivity index (χ0v) is 11.2. The maximum Gasteiger partial charge on any atom is 0.573 e. The monoisotopic (exact) mass is 289 g/mol. The van der Waals surface area contributed by atoms with Crippen LogP contribution in [-0.2, 0) is 11.2 Å². The van der Waals surface area contributed by atoms with Crippen molar-refractivity contribution < 1.29 is 22.6 Å². The summed E-state index contributed by atoms with van der Waals surface area (Å²) >= 11 is 0. The maximum absolute atomic E-state index is 12.0. The second kappa shape index (κ2) is 6.01. The van der Waals surface area contributed by atoms with Gasteiger partial charge >= 0.3 is 6.36 Å². The van der Waals surface area contributed by atoms with Gasteiger partial charge in [0.15, 0.2) is 0 Å². The quantitative estimate of drug-likeness (QED) is 0.927. The van der Waals surface area contributed by atoms with Crippen molar-refractivity contribution >= 4 is 0 Å². The fraction of sp³-hybridized carbons (Fsp3) is 0.571. The zero-order chi connectivity index (χ0) is 14.8. The first-order valence-electron chi connectivity index (χ1n) is 6.57. The predicted octanol–water partition coefficient (Wildman–Crippen LogP) is 2.88. The highest BCUT2D eigenvalue weighted by molar-refractivity contribution is 5.28. The van der Waals surface area contributed by atoms with Gasteiger partial charge in [-0.2, -0.15) is 0 Å². The molecule has 0 amide bonds. The Balaban J connectivity index is 1.93. The van der Waals surface area contributed by atoms with Crippen LogP contribution in [-0.4, -0.2) is 25.1 Å². The first kappa shape index (κ1) is 15.1. The average Bonchev–Trinajstić information content (AvgIpc) is 2.76. The molecule has 3 atom stereocenters. The third-order valence-electron chi connectivity index (χ3n) is 3.49. The van der Waals surface area contributed by atoms with Crippen LogP contribution in [0, 0.1) is 5.92 Å². The van der Waals surface area contributed by atoms with Gasteiger partial charge in [0, 0.05) is 12.6 Å². The third-order valence-corrected chi connectivity index (χ3v) is 3.49. The Labute approximate surface area is 115 Å². The summed E-state index contributed by atoms with van der Waals surface area (Å²) in [5, 5.41) is 0. The fourth-order valence-corrected chi connectivity index (χ4v) is 2.48. The summed E-state index contributed by atoms with van der Waals surface area (Å²) in [6.07, 6.45) is -3.08. The van der Waals surface area contributed by atoms with Gasteiger partial charge in [-0.15, -0.1) is 13.2 Å². The van der Waals surface area contributed by atoms with Crippen LogP contribution >= 0.6 is 0 Å². The molecular weight excluding hydrogens is 271 g/mol. The van der Waals surface area contributed by atoms with E-state index in [1.165, 1.54) is 12.1 Å². The first-order valence-corrected chi connectivity index (χ1v) is 6.57. The minimum absolute atomic E-state index is 0.0149. The smallest absolute Gasteiger partial charge is 0.406 e. The molecular formula is C14H18F3NO2. The lowest BCUT2D eigenvalue weighted by Crippen LogP contribution is -2.39. The number of ether oxygens (including phenoxy) is 2. The van der Waals surface area contributed by atoms with Crippen LogP contribution in [0.1, 0.15) is 18.9 Å². The van der Waals surface area contributed by atoms with Crippen molar-refractivity contribution in [3.63, 3.8) is 0 Å². The van der Waals surface area contributed by atoms with E-state index in [1.807, 2.05) is 0 Å². The van der Waals surface area contributed by atoms with E-state index in [0.29, 0.717) is 12.3 Å². The van der Waals surface area contributed by atoms with Crippen LogP contribution in [0.25, 0.3) is 0 Å². The van der Waals surface area contributed by atoms with Gasteiger partial charge in [-0.05, 0) is 36.5 Å². The number of alkyl halides is 3. The molecule has 1 heterocycles. The Morgan fingerprint density at radius 2 is 2.00 bits per heavy atom. The van der Waals surface area contributed by atoms with Gasteiger partial charge in [-0.3, -0.25) is 0 Å².